The average Bonchev–Trinajstić information content (AvgIpc) is 3.08. The number of nitrogens with zero attached hydrogens (tertiary/aromatic N) is 1. The van der Waals surface area contributed by atoms with E-state index in [0.29, 0.717) is 0 Å². The van der Waals surface area contributed by atoms with E-state index < -0.39 is 71.1 Å². The molecule has 2 aliphatic rings. The van der Waals surface area contributed by atoms with Gasteiger partial charge in [0.15, 0.2) is 1.41 Å². The molecule has 32 heavy (non-hydrogen) atoms. The molecular weight excluding hydrogens is 444 g/mol. The summed E-state index contributed by atoms with van der Waals surface area (Å²) in [6.07, 6.45) is -0.141. The summed E-state index contributed by atoms with van der Waals surface area (Å²) in [4.78, 5) is 50.1. The Kier molecular flexibility index (Phi) is 4.24. The van der Waals surface area contributed by atoms with E-state index in [-0.39, 0.29) is 29.0 Å². The Morgan fingerprint density at radius 1 is 1.34 bits per heavy atom. The summed E-state index contributed by atoms with van der Waals surface area (Å²) in [5.74, 6) is -8.70. The minimum Gasteiger partial charge on any atom is -0.346 e. The Labute approximate surface area is 193 Å². The van der Waals surface area contributed by atoms with Crippen molar-refractivity contribution in [3.63, 3.8) is 0 Å². The monoisotopic (exact) mass is 466 g/mol. The van der Waals surface area contributed by atoms with E-state index in [9.17, 15) is 28.0 Å². The molecule has 2 aromatic carbocycles. The first-order chi connectivity index (χ1) is 17.2. The number of carbonyl (C=O) groups excluding carboxylic acids is 4. The number of benzene rings is 2. The summed E-state index contributed by atoms with van der Waals surface area (Å²) < 4.78 is 70.7. The molecule has 10 heteroatoms. The van der Waals surface area contributed by atoms with E-state index in [2.05, 4.69) is 5.32 Å². The Balaban J connectivity index is 1.67. The van der Waals surface area contributed by atoms with Gasteiger partial charge in [-0.3, -0.25) is 24.5 Å². The number of amides is 4. The van der Waals surface area contributed by atoms with E-state index in [1.807, 2.05) is 0 Å². The quantitative estimate of drug-likeness (QED) is 0.662. The molecular formula is C22H18ClF2N3O4. The van der Waals surface area contributed by atoms with Crippen LogP contribution in [0.1, 0.15) is 45.4 Å². The molecule has 0 radical (unpaired) electrons. The van der Waals surface area contributed by atoms with Crippen LogP contribution in [-0.4, -0.2) is 34.6 Å². The van der Waals surface area contributed by atoms with E-state index in [0.717, 1.165) is 41.3 Å². The first-order valence-electron chi connectivity index (χ1n) is 11.9. The van der Waals surface area contributed by atoms with Crippen molar-refractivity contribution in [1.29, 1.82) is 0 Å². The highest BCUT2D eigenvalue weighted by Gasteiger charge is 2.41. The summed E-state index contributed by atoms with van der Waals surface area (Å²) in [5, 5.41) is 1.64. The Morgan fingerprint density at radius 3 is 2.75 bits per heavy atom. The number of piperidine rings is 1. The van der Waals surface area contributed by atoms with Gasteiger partial charge in [-0.25, -0.2) is 0 Å². The van der Waals surface area contributed by atoms with Crippen LogP contribution >= 0.6 is 11.6 Å². The lowest BCUT2D eigenvalue weighted by atomic mass is 10.0. The van der Waals surface area contributed by atoms with Gasteiger partial charge in [0.25, 0.3) is 11.8 Å². The van der Waals surface area contributed by atoms with Crippen LogP contribution in [0.5, 0.6) is 0 Å². The van der Waals surface area contributed by atoms with Crippen molar-refractivity contribution in [2.75, 3.05) is 0 Å². The van der Waals surface area contributed by atoms with Crippen LogP contribution in [0.2, 0.25) is 6.43 Å². The van der Waals surface area contributed by atoms with Crippen LogP contribution in [0.25, 0.3) is 0 Å². The standard InChI is InChI=1S/C22H18ClF2N3O4/c23-15-4-2-14(3-5-15)22(24,25)21(32)26-10-12-1-6-16-13(9-12)11-28(20(16)31)17-7-8-18(29)27-19(17)30/h1-6,9,17H,7-8,10-11H2,(H,26,32)(H,27,29,30)/i6D,10D2,11D/hD. The fourth-order valence-electron chi connectivity index (χ4n) is 3.35. The van der Waals surface area contributed by atoms with Gasteiger partial charge in [-0.1, -0.05) is 35.9 Å². The van der Waals surface area contributed by atoms with Gasteiger partial charge in [0.1, 0.15) is 6.04 Å². The molecule has 0 aromatic heterocycles. The third-order valence-corrected chi connectivity index (χ3v) is 5.26. The maximum absolute atomic E-state index is 14.8. The zero-order valence-corrected chi connectivity index (χ0v) is 17.0. The fraction of sp³-hybridized carbons (Fsp3) is 0.273. The molecule has 2 heterocycles. The largest absolute Gasteiger partial charge is 0.349 e. The van der Waals surface area contributed by atoms with Gasteiger partial charge in [-0.15, -0.1) is 0 Å². The van der Waals surface area contributed by atoms with Gasteiger partial charge in [0.05, 0.1) is 5.48 Å². The normalized spacial score (nSPS) is 23.4. The van der Waals surface area contributed by atoms with Gasteiger partial charge in [0.2, 0.25) is 11.8 Å². The van der Waals surface area contributed by atoms with Crippen LogP contribution in [0.15, 0.2) is 42.4 Å². The van der Waals surface area contributed by atoms with Gasteiger partial charge in [0, 0.05) is 35.6 Å². The van der Waals surface area contributed by atoms with E-state index >= 15 is 0 Å². The van der Waals surface area contributed by atoms with Crippen LogP contribution in [0.3, 0.4) is 0 Å². The van der Waals surface area contributed by atoms with E-state index in [4.69, 9.17) is 18.5 Å². The highest BCUT2D eigenvalue weighted by atomic mass is 35.5. The van der Waals surface area contributed by atoms with Gasteiger partial charge >= 0.3 is 5.92 Å². The van der Waals surface area contributed by atoms with E-state index in [1.54, 1.807) is 0 Å². The van der Waals surface area contributed by atoms with Crippen molar-refractivity contribution in [1.82, 2.24) is 15.5 Å². The highest BCUT2D eigenvalue weighted by molar-refractivity contribution is 6.30. The molecule has 2 atom stereocenters. The van der Waals surface area contributed by atoms with Crippen molar-refractivity contribution in [2.24, 2.45) is 0 Å². The average molecular weight is 467 g/mol. The fourth-order valence-corrected chi connectivity index (χ4v) is 3.48. The Hall–Kier alpha value is -3.33. The second-order valence-electron chi connectivity index (χ2n) is 7.14. The summed E-state index contributed by atoms with van der Waals surface area (Å²) >= 11 is 5.68. The van der Waals surface area contributed by atoms with Crippen molar-refractivity contribution < 1.29 is 34.9 Å². The van der Waals surface area contributed by atoms with Crippen LogP contribution in [0, 0.1) is 0 Å². The Morgan fingerprint density at radius 2 is 2.06 bits per heavy atom. The number of fused-ring (bicyclic) bond motifs is 1. The van der Waals surface area contributed by atoms with Crippen molar-refractivity contribution >= 4 is 35.2 Å². The minimum absolute atomic E-state index is 0.0599. The summed E-state index contributed by atoms with van der Waals surface area (Å²) in [6, 6.07) is 3.89. The molecule has 7 nitrogen and oxygen atoms in total. The molecule has 166 valence electrons. The van der Waals surface area contributed by atoms with Crippen molar-refractivity contribution in [3.8, 4) is 0 Å². The number of nitrogens with one attached hydrogen (secondary N) is 2. The minimum atomic E-state index is -4.29. The second-order valence-corrected chi connectivity index (χ2v) is 7.57. The molecule has 2 N–H and O–H groups in total. The van der Waals surface area contributed by atoms with E-state index in [1.165, 1.54) is 0 Å². The number of hydrogen-bond acceptors (Lipinski definition) is 4. The molecule has 2 aromatic rings. The number of hydrogen-bond donors (Lipinski definition) is 2. The number of halogens is 3. The van der Waals surface area contributed by atoms with Gasteiger partial charge < -0.3 is 10.2 Å². The summed E-state index contributed by atoms with van der Waals surface area (Å²) in [5.41, 5.74) is -1.92. The number of alkyl halides is 2. The van der Waals surface area contributed by atoms with Crippen LogP contribution in [0.4, 0.5) is 8.78 Å². The second kappa shape index (κ2) is 8.31. The molecule has 0 bridgehead atoms. The third-order valence-electron chi connectivity index (χ3n) is 5.01. The van der Waals surface area contributed by atoms with Crippen LogP contribution in [-0.2, 0) is 33.3 Å². The molecule has 4 rings (SSSR count). The summed E-state index contributed by atoms with van der Waals surface area (Å²) in [6.45, 7) is -4.79. The number of carbonyl (C=O) groups is 4. The predicted molar refractivity (Wildman–Crippen MR) is 110 cm³/mol. The van der Waals surface area contributed by atoms with Crippen molar-refractivity contribution in [2.45, 2.75) is 37.8 Å². The molecule has 0 saturated carbocycles. The lowest BCUT2D eigenvalue weighted by Crippen LogP contribution is -2.52. The smallest absolute Gasteiger partial charge is 0.346 e. The SMILES string of the molecule is [2H]c1cc(C([2H])([2H])N([2H])C(=O)C(F)(F)c2ccc(Cl)cc2)cc2c1C(=O)N(C1CCC(=O)NC1=O)C2[2H]. The number of imide groups is 1. The van der Waals surface area contributed by atoms with Gasteiger partial charge in [-0.2, -0.15) is 8.78 Å². The molecule has 1 saturated heterocycles. The topological polar surface area (TPSA) is 95.6 Å². The molecule has 2 aliphatic heterocycles. The first-order valence-corrected chi connectivity index (χ1v) is 9.76. The maximum Gasteiger partial charge on any atom is 0.349 e. The maximum atomic E-state index is 14.8. The molecule has 2 unspecified atom stereocenters. The molecule has 4 amide bonds. The predicted octanol–water partition coefficient (Wildman–Crippen LogP) is 2.51. The lowest BCUT2D eigenvalue weighted by Gasteiger charge is -2.29. The zero-order valence-electron chi connectivity index (χ0n) is 21.2. The third kappa shape index (κ3) is 4.08. The highest BCUT2D eigenvalue weighted by Crippen LogP contribution is 2.30. The molecule has 0 aliphatic carbocycles. The lowest BCUT2D eigenvalue weighted by molar-refractivity contribution is -0.147. The van der Waals surface area contributed by atoms with Gasteiger partial charge in [-0.05, 0) is 35.7 Å². The summed E-state index contributed by atoms with van der Waals surface area (Å²) in [7, 11) is 0. The van der Waals surface area contributed by atoms with Crippen LogP contribution < -0.4 is 10.6 Å². The molecule has 1 fully saturated rings. The Bertz CT molecular complexity index is 1330. The van der Waals surface area contributed by atoms with Crippen molar-refractivity contribution in [3.05, 3.63) is 69.7 Å². The molecule has 0 spiro atoms. The zero-order chi connectivity index (χ0) is 27.4. The first kappa shape index (κ1) is 16.3. The number of rotatable bonds is 5.